The van der Waals surface area contributed by atoms with Gasteiger partial charge in [-0.1, -0.05) is 0 Å². The van der Waals surface area contributed by atoms with Gasteiger partial charge in [0.15, 0.2) is 0 Å². The van der Waals surface area contributed by atoms with Crippen LogP contribution in [0.2, 0.25) is 0 Å². The minimum atomic E-state index is -1.39. The summed E-state index contributed by atoms with van der Waals surface area (Å²) in [5, 5.41) is 5.59. The average Bonchev–Trinajstić information content (AvgIpc) is 2.43. The maximum Gasteiger partial charge on any atom is 0.204 e. The van der Waals surface area contributed by atoms with Crippen LogP contribution in [0.15, 0.2) is 24.3 Å². The van der Waals surface area contributed by atoms with E-state index in [9.17, 15) is 22.4 Å². The highest BCUT2D eigenvalue weighted by Crippen LogP contribution is 2.26. The number of carbonyl (C=O) groups is 1. The quantitative estimate of drug-likeness (QED) is 0.550. The third kappa shape index (κ3) is 4.33. The van der Waals surface area contributed by atoms with Crippen molar-refractivity contribution in [1.82, 2.24) is 0 Å². The molecule has 2 rings (SSSR count). The zero-order chi connectivity index (χ0) is 19.6. The lowest BCUT2D eigenvalue weighted by Crippen LogP contribution is -2.16. The van der Waals surface area contributed by atoms with Crippen LogP contribution < -0.4 is 10.6 Å². The zero-order valence-corrected chi connectivity index (χ0v) is 14.9. The van der Waals surface area contributed by atoms with E-state index in [2.05, 4.69) is 10.6 Å². The molecule has 2 aromatic rings. The maximum absolute atomic E-state index is 14.3. The van der Waals surface area contributed by atoms with Crippen LogP contribution in [0.5, 0.6) is 0 Å². The van der Waals surface area contributed by atoms with Gasteiger partial charge in [0.2, 0.25) is 5.78 Å². The van der Waals surface area contributed by atoms with Crippen molar-refractivity contribution in [1.29, 1.82) is 0 Å². The molecule has 2 aromatic carbocycles. The highest BCUT2D eigenvalue weighted by atomic mass is 19.1. The first kappa shape index (κ1) is 19.8. The predicted molar refractivity (Wildman–Crippen MR) is 93.7 cm³/mol. The number of nitrogens with one attached hydrogen (secondary N) is 2. The molecule has 0 saturated heterocycles. The summed E-state index contributed by atoms with van der Waals surface area (Å²) in [6.07, 6.45) is 0. The molecule has 0 saturated carbocycles. The van der Waals surface area contributed by atoms with Crippen molar-refractivity contribution in [2.75, 3.05) is 10.6 Å². The molecule has 0 spiro atoms. The van der Waals surface area contributed by atoms with Gasteiger partial charge in [0.25, 0.3) is 0 Å². The Morgan fingerprint density at radius 1 is 0.692 bits per heavy atom. The highest BCUT2D eigenvalue weighted by molar-refractivity contribution is 6.10. The summed E-state index contributed by atoms with van der Waals surface area (Å²) in [7, 11) is 0. The molecule has 0 heterocycles. The fraction of sp³-hybridized carbons (Fsp3) is 0.316. The van der Waals surface area contributed by atoms with Gasteiger partial charge in [-0.2, -0.15) is 0 Å². The van der Waals surface area contributed by atoms with Crippen LogP contribution in [0.1, 0.15) is 43.6 Å². The van der Waals surface area contributed by atoms with Crippen LogP contribution in [0.3, 0.4) is 0 Å². The molecule has 0 aliphatic carbocycles. The molecule has 2 N–H and O–H groups in total. The third-order valence-electron chi connectivity index (χ3n) is 3.45. The fourth-order valence-corrected chi connectivity index (χ4v) is 2.54. The van der Waals surface area contributed by atoms with E-state index in [1.165, 1.54) is 0 Å². The SMILES string of the molecule is CC(C)Nc1cc(F)c(C(=O)c2c(F)cc(NC(C)C)cc2F)c(F)c1. The molecule has 0 aliphatic heterocycles. The minimum Gasteiger partial charge on any atom is -0.383 e. The smallest absolute Gasteiger partial charge is 0.204 e. The van der Waals surface area contributed by atoms with Gasteiger partial charge in [-0.25, -0.2) is 17.6 Å². The minimum absolute atomic E-state index is 0.0914. The second kappa shape index (κ2) is 7.76. The van der Waals surface area contributed by atoms with Crippen LogP contribution in [0, 0.1) is 23.3 Å². The summed E-state index contributed by atoms with van der Waals surface area (Å²) in [4.78, 5) is 12.4. The van der Waals surface area contributed by atoms with Crippen molar-refractivity contribution < 1.29 is 22.4 Å². The summed E-state index contributed by atoms with van der Waals surface area (Å²) in [6, 6.07) is 3.49. The molecule has 0 atom stereocenters. The topological polar surface area (TPSA) is 41.1 Å². The Morgan fingerprint density at radius 2 is 0.962 bits per heavy atom. The zero-order valence-electron chi connectivity index (χ0n) is 14.9. The number of hydrogen-bond acceptors (Lipinski definition) is 3. The van der Waals surface area contributed by atoms with E-state index >= 15 is 0 Å². The average molecular weight is 368 g/mol. The van der Waals surface area contributed by atoms with Gasteiger partial charge in [0.05, 0.1) is 11.1 Å². The highest BCUT2D eigenvalue weighted by Gasteiger charge is 2.26. The number of benzene rings is 2. The largest absolute Gasteiger partial charge is 0.383 e. The molecule has 0 unspecified atom stereocenters. The summed E-state index contributed by atoms with van der Waals surface area (Å²) >= 11 is 0. The predicted octanol–water partition coefficient (Wildman–Crippen LogP) is 5.11. The molecular weight excluding hydrogens is 348 g/mol. The third-order valence-corrected chi connectivity index (χ3v) is 3.45. The van der Waals surface area contributed by atoms with Crippen molar-refractivity contribution in [3.63, 3.8) is 0 Å². The molecule has 0 amide bonds. The summed E-state index contributed by atoms with van der Waals surface area (Å²) in [5.41, 5.74) is -1.74. The molecular formula is C19H20F4N2O. The van der Waals surface area contributed by atoms with Gasteiger partial charge in [-0.15, -0.1) is 0 Å². The number of halogens is 4. The Kier molecular flexibility index (Phi) is 5.90. The molecule has 0 aromatic heterocycles. The number of rotatable bonds is 6. The Balaban J connectivity index is 2.46. The van der Waals surface area contributed by atoms with Gasteiger partial charge in [0.1, 0.15) is 23.3 Å². The van der Waals surface area contributed by atoms with E-state index in [1.807, 2.05) is 0 Å². The van der Waals surface area contributed by atoms with Crippen molar-refractivity contribution in [3.05, 3.63) is 58.7 Å². The Hall–Kier alpha value is -2.57. The number of carbonyl (C=O) groups excluding carboxylic acids is 1. The van der Waals surface area contributed by atoms with Gasteiger partial charge in [-0.3, -0.25) is 4.79 Å². The van der Waals surface area contributed by atoms with E-state index in [0.717, 1.165) is 24.3 Å². The lowest BCUT2D eigenvalue weighted by atomic mass is 10.00. The van der Waals surface area contributed by atoms with Crippen LogP contribution in [0.4, 0.5) is 28.9 Å². The number of hydrogen-bond donors (Lipinski definition) is 2. The van der Waals surface area contributed by atoms with Gasteiger partial charge in [0, 0.05) is 23.5 Å². The lowest BCUT2D eigenvalue weighted by Gasteiger charge is -2.14. The van der Waals surface area contributed by atoms with Crippen LogP contribution in [0.25, 0.3) is 0 Å². The first-order valence-electron chi connectivity index (χ1n) is 8.16. The molecule has 0 bridgehead atoms. The van der Waals surface area contributed by atoms with Gasteiger partial charge >= 0.3 is 0 Å². The second-order valence-electron chi connectivity index (χ2n) is 6.56. The van der Waals surface area contributed by atoms with Gasteiger partial charge in [-0.05, 0) is 52.0 Å². The molecule has 7 heteroatoms. The molecule has 26 heavy (non-hydrogen) atoms. The monoisotopic (exact) mass is 368 g/mol. The Bertz CT molecular complexity index is 721. The summed E-state index contributed by atoms with van der Waals surface area (Å²) in [5.74, 6) is -6.16. The maximum atomic E-state index is 14.3. The van der Waals surface area contributed by atoms with E-state index in [-0.39, 0.29) is 23.5 Å². The Morgan fingerprint density at radius 3 is 1.19 bits per heavy atom. The van der Waals surface area contributed by atoms with E-state index in [1.54, 1.807) is 27.7 Å². The second-order valence-corrected chi connectivity index (χ2v) is 6.56. The Labute approximate surface area is 149 Å². The normalized spacial score (nSPS) is 11.2. The first-order valence-corrected chi connectivity index (χ1v) is 8.16. The van der Waals surface area contributed by atoms with Crippen molar-refractivity contribution in [2.24, 2.45) is 0 Å². The molecule has 3 nitrogen and oxygen atoms in total. The van der Waals surface area contributed by atoms with E-state index in [4.69, 9.17) is 0 Å². The molecule has 0 fully saturated rings. The van der Waals surface area contributed by atoms with Crippen LogP contribution in [-0.2, 0) is 0 Å². The van der Waals surface area contributed by atoms with Crippen molar-refractivity contribution >= 4 is 17.2 Å². The van der Waals surface area contributed by atoms with Crippen LogP contribution in [-0.4, -0.2) is 17.9 Å². The molecule has 0 radical (unpaired) electrons. The number of ketones is 1. The van der Waals surface area contributed by atoms with Gasteiger partial charge < -0.3 is 10.6 Å². The van der Waals surface area contributed by atoms with E-state index in [0.29, 0.717) is 0 Å². The van der Waals surface area contributed by atoms with Crippen molar-refractivity contribution in [3.8, 4) is 0 Å². The number of anilines is 2. The summed E-state index contributed by atoms with van der Waals surface area (Å²) in [6.45, 7) is 7.08. The first-order chi connectivity index (χ1) is 12.1. The standard InChI is InChI=1S/C19H20F4N2O/c1-9(2)24-11-5-13(20)17(14(21)6-11)19(26)18-15(22)7-12(8-16(18)23)25-10(3)4/h5-10,24-25H,1-4H3. The van der Waals surface area contributed by atoms with E-state index < -0.39 is 40.2 Å². The lowest BCUT2D eigenvalue weighted by molar-refractivity contribution is 0.102. The van der Waals surface area contributed by atoms with Crippen molar-refractivity contribution in [2.45, 2.75) is 39.8 Å². The molecule has 0 aliphatic rings. The van der Waals surface area contributed by atoms with Crippen LogP contribution >= 0.6 is 0 Å². The molecule has 140 valence electrons. The fourth-order valence-electron chi connectivity index (χ4n) is 2.54. The summed E-state index contributed by atoms with van der Waals surface area (Å²) < 4.78 is 57.0.